The molecule has 3 nitrogen and oxygen atoms in total. The summed E-state index contributed by atoms with van der Waals surface area (Å²) in [5, 5.41) is 9.86. The normalized spacial score (nSPS) is 26.6. The molecule has 1 N–H and O–H groups in total. The molecule has 3 heteroatoms. The minimum atomic E-state index is -0.204. The van der Waals surface area contributed by atoms with E-state index in [0.717, 1.165) is 32.5 Å². The van der Waals surface area contributed by atoms with Gasteiger partial charge in [-0.05, 0) is 39.2 Å². The molecule has 1 heterocycles. The number of rotatable bonds is 6. The maximum atomic E-state index is 9.86. The highest BCUT2D eigenvalue weighted by molar-refractivity contribution is 4.80. The smallest absolute Gasteiger partial charge is 0.0702 e. The van der Waals surface area contributed by atoms with Crippen LogP contribution in [0.25, 0.3) is 0 Å². The topological polar surface area (TPSA) is 32.7 Å². The summed E-state index contributed by atoms with van der Waals surface area (Å²) in [5.41, 5.74) is 0. The zero-order valence-electron chi connectivity index (χ0n) is 11.0. The summed E-state index contributed by atoms with van der Waals surface area (Å²) in [6, 6.07) is 0.262. The number of nitrogens with zero attached hydrogens (tertiary/aromatic N) is 1. The summed E-state index contributed by atoms with van der Waals surface area (Å²) in [4.78, 5) is 2.37. The Morgan fingerprint density at radius 2 is 2.19 bits per heavy atom. The highest BCUT2D eigenvalue weighted by Gasteiger charge is 2.26. The van der Waals surface area contributed by atoms with Crippen molar-refractivity contribution in [1.82, 2.24) is 4.90 Å². The van der Waals surface area contributed by atoms with Gasteiger partial charge in [-0.25, -0.2) is 0 Å². The summed E-state index contributed by atoms with van der Waals surface area (Å²) in [6.07, 6.45) is 4.45. The summed E-state index contributed by atoms with van der Waals surface area (Å²) < 4.78 is 5.80. The van der Waals surface area contributed by atoms with Gasteiger partial charge in [0, 0.05) is 19.2 Å². The van der Waals surface area contributed by atoms with E-state index < -0.39 is 0 Å². The van der Waals surface area contributed by atoms with E-state index in [0.29, 0.717) is 6.10 Å². The van der Waals surface area contributed by atoms with Gasteiger partial charge in [0.15, 0.2) is 0 Å². The number of aliphatic hydroxyl groups excluding tert-OH is 1. The van der Waals surface area contributed by atoms with Crippen LogP contribution in [0.4, 0.5) is 0 Å². The number of hydrogen-bond donors (Lipinski definition) is 1. The van der Waals surface area contributed by atoms with Crippen LogP contribution in [-0.2, 0) is 4.74 Å². The fourth-order valence-electron chi connectivity index (χ4n) is 2.34. The number of piperidine rings is 1. The Bertz CT molecular complexity index is 187. The Kier molecular flexibility index (Phi) is 6.32. The first-order chi connectivity index (χ1) is 7.69. The molecule has 16 heavy (non-hydrogen) atoms. The highest BCUT2D eigenvalue weighted by Crippen LogP contribution is 2.18. The van der Waals surface area contributed by atoms with Gasteiger partial charge in [-0.3, -0.25) is 4.90 Å². The maximum absolute atomic E-state index is 9.86. The molecular weight excluding hydrogens is 202 g/mol. The Morgan fingerprint density at radius 1 is 1.44 bits per heavy atom. The third-order valence-corrected chi connectivity index (χ3v) is 3.52. The molecule has 96 valence electrons. The van der Waals surface area contributed by atoms with Gasteiger partial charge in [0.1, 0.15) is 0 Å². The van der Waals surface area contributed by atoms with E-state index >= 15 is 0 Å². The molecule has 1 aliphatic rings. The van der Waals surface area contributed by atoms with Crippen molar-refractivity contribution >= 4 is 0 Å². The Morgan fingerprint density at radius 3 is 2.81 bits per heavy atom. The molecule has 0 amide bonds. The van der Waals surface area contributed by atoms with E-state index in [1.807, 2.05) is 6.92 Å². The number of ether oxygens (including phenoxy) is 1. The second-order valence-corrected chi connectivity index (χ2v) is 4.85. The van der Waals surface area contributed by atoms with Crippen molar-refractivity contribution < 1.29 is 9.84 Å². The standard InChI is InChI=1S/C13H27NO2/c1-4-9-16-12-7-6-8-14(10-12)11(3)13(15)5-2/h11-13,15H,4-10H2,1-3H3. The molecule has 0 radical (unpaired) electrons. The van der Waals surface area contributed by atoms with E-state index in [1.165, 1.54) is 12.8 Å². The van der Waals surface area contributed by atoms with E-state index in [1.54, 1.807) is 0 Å². The fourth-order valence-corrected chi connectivity index (χ4v) is 2.34. The van der Waals surface area contributed by atoms with Crippen molar-refractivity contribution in [3.63, 3.8) is 0 Å². The van der Waals surface area contributed by atoms with Crippen LogP contribution in [0.5, 0.6) is 0 Å². The van der Waals surface area contributed by atoms with Crippen LogP contribution >= 0.6 is 0 Å². The van der Waals surface area contributed by atoms with Crippen LogP contribution in [0.1, 0.15) is 46.5 Å². The third-order valence-electron chi connectivity index (χ3n) is 3.52. The summed E-state index contributed by atoms with van der Waals surface area (Å²) >= 11 is 0. The molecule has 1 saturated heterocycles. The van der Waals surface area contributed by atoms with Crippen molar-refractivity contribution in [2.45, 2.75) is 64.7 Å². The molecule has 0 saturated carbocycles. The van der Waals surface area contributed by atoms with Crippen LogP contribution in [0, 0.1) is 0 Å². The maximum Gasteiger partial charge on any atom is 0.0702 e. The molecular formula is C13H27NO2. The second-order valence-electron chi connectivity index (χ2n) is 4.85. The van der Waals surface area contributed by atoms with E-state index in [4.69, 9.17) is 4.74 Å². The van der Waals surface area contributed by atoms with Crippen molar-refractivity contribution in [2.75, 3.05) is 19.7 Å². The first kappa shape index (κ1) is 13.9. The van der Waals surface area contributed by atoms with E-state index in [-0.39, 0.29) is 12.1 Å². The number of hydrogen-bond acceptors (Lipinski definition) is 3. The predicted octanol–water partition coefficient (Wildman–Crippen LogP) is 2.04. The Hall–Kier alpha value is -0.120. The lowest BCUT2D eigenvalue weighted by Gasteiger charge is -2.38. The van der Waals surface area contributed by atoms with Gasteiger partial charge in [0.05, 0.1) is 12.2 Å². The summed E-state index contributed by atoms with van der Waals surface area (Å²) in [5.74, 6) is 0. The first-order valence-electron chi connectivity index (χ1n) is 6.72. The van der Waals surface area contributed by atoms with Gasteiger partial charge < -0.3 is 9.84 Å². The monoisotopic (exact) mass is 229 g/mol. The van der Waals surface area contributed by atoms with Crippen LogP contribution in [0.15, 0.2) is 0 Å². The molecule has 1 rings (SSSR count). The molecule has 1 fully saturated rings. The van der Waals surface area contributed by atoms with Gasteiger partial charge in [-0.15, -0.1) is 0 Å². The quantitative estimate of drug-likeness (QED) is 0.756. The molecule has 1 aliphatic heterocycles. The first-order valence-corrected chi connectivity index (χ1v) is 6.72. The van der Waals surface area contributed by atoms with Gasteiger partial charge in [0.25, 0.3) is 0 Å². The zero-order valence-corrected chi connectivity index (χ0v) is 11.0. The van der Waals surface area contributed by atoms with Gasteiger partial charge in [-0.2, -0.15) is 0 Å². The Labute approximate surface area is 99.8 Å². The van der Waals surface area contributed by atoms with Crippen molar-refractivity contribution in [3.8, 4) is 0 Å². The van der Waals surface area contributed by atoms with Crippen molar-refractivity contribution in [2.24, 2.45) is 0 Å². The van der Waals surface area contributed by atoms with Crippen molar-refractivity contribution in [1.29, 1.82) is 0 Å². The largest absolute Gasteiger partial charge is 0.392 e. The fraction of sp³-hybridized carbons (Fsp3) is 1.00. The molecule has 3 atom stereocenters. The van der Waals surface area contributed by atoms with Crippen LogP contribution < -0.4 is 0 Å². The summed E-state index contributed by atoms with van der Waals surface area (Å²) in [7, 11) is 0. The molecule has 0 aliphatic carbocycles. The van der Waals surface area contributed by atoms with Gasteiger partial charge in [0.2, 0.25) is 0 Å². The van der Waals surface area contributed by atoms with Gasteiger partial charge in [-0.1, -0.05) is 13.8 Å². The van der Waals surface area contributed by atoms with Crippen LogP contribution in [0.3, 0.4) is 0 Å². The average molecular weight is 229 g/mol. The van der Waals surface area contributed by atoms with E-state index in [9.17, 15) is 5.11 Å². The second kappa shape index (κ2) is 7.25. The molecule has 0 aromatic heterocycles. The SMILES string of the molecule is CCCOC1CCCN(C(C)C(O)CC)C1. The number of aliphatic hydroxyl groups is 1. The van der Waals surface area contributed by atoms with E-state index in [2.05, 4.69) is 18.7 Å². The molecule has 3 unspecified atom stereocenters. The minimum absolute atomic E-state index is 0.204. The van der Waals surface area contributed by atoms with Crippen LogP contribution in [-0.4, -0.2) is 48.0 Å². The van der Waals surface area contributed by atoms with Crippen LogP contribution in [0.2, 0.25) is 0 Å². The molecule has 0 aromatic rings. The molecule has 0 spiro atoms. The lowest BCUT2D eigenvalue weighted by molar-refractivity contribution is -0.0322. The predicted molar refractivity (Wildman–Crippen MR) is 66.6 cm³/mol. The highest BCUT2D eigenvalue weighted by atomic mass is 16.5. The molecule has 0 bridgehead atoms. The third kappa shape index (κ3) is 4.04. The van der Waals surface area contributed by atoms with Gasteiger partial charge >= 0.3 is 0 Å². The van der Waals surface area contributed by atoms with Crippen molar-refractivity contribution in [3.05, 3.63) is 0 Å². The minimum Gasteiger partial charge on any atom is -0.392 e. The zero-order chi connectivity index (χ0) is 12.0. The summed E-state index contributed by atoms with van der Waals surface area (Å²) in [6.45, 7) is 9.25. The number of likely N-dealkylation sites (tertiary alicyclic amines) is 1. The average Bonchev–Trinajstić information content (AvgIpc) is 2.34. The lowest BCUT2D eigenvalue weighted by atomic mass is 10.0. The Balaban J connectivity index is 2.37. The molecule has 0 aromatic carbocycles. The lowest BCUT2D eigenvalue weighted by Crippen LogP contribution is -2.48.